The Labute approximate surface area is 138 Å². The quantitative estimate of drug-likeness (QED) is 0.620. The maximum absolute atomic E-state index is 12.5. The van der Waals surface area contributed by atoms with E-state index in [-0.39, 0.29) is 17.7 Å². The molecular weight excluding hydrogens is 292 g/mol. The van der Waals surface area contributed by atoms with Gasteiger partial charge < -0.3 is 10.1 Å². The number of hydrogen-bond acceptors (Lipinski definition) is 4. The zero-order valence-electron chi connectivity index (χ0n) is 14.4. The summed E-state index contributed by atoms with van der Waals surface area (Å²) in [6.45, 7) is 7.57. The van der Waals surface area contributed by atoms with Crippen molar-refractivity contribution in [1.82, 2.24) is 5.32 Å². The third-order valence-corrected chi connectivity index (χ3v) is 3.50. The number of rotatable bonds is 7. The maximum atomic E-state index is 12.5. The predicted octanol–water partition coefficient (Wildman–Crippen LogP) is 2.44. The number of methoxy groups -OCH3 is 1. The molecule has 0 fully saturated rings. The van der Waals surface area contributed by atoms with Crippen LogP contribution in [0.1, 0.15) is 33.3 Å². The van der Waals surface area contributed by atoms with Crippen molar-refractivity contribution in [2.75, 3.05) is 7.11 Å². The van der Waals surface area contributed by atoms with E-state index in [1.54, 1.807) is 6.21 Å². The molecule has 23 heavy (non-hydrogen) atoms. The third-order valence-electron chi connectivity index (χ3n) is 3.50. The molecular formula is C18H26N2O3. The molecule has 0 radical (unpaired) electrons. The van der Waals surface area contributed by atoms with Crippen molar-refractivity contribution in [3.63, 3.8) is 0 Å². The lowest BCUT2D eigenvalue weighted by Gasteiger charge is -2.23. The van der Waals surface area contributed by atoms with Crippen LogP contribution >= 0.6 is 0 Å². The summed E-state index contributed by atoms with van der Waals surface area (Å²) in [5.41, 5.74) is 0.930. The number of benzene rings is 1. The number of ether oxygens (including phenoxy) is 1. The van der Waals surface area contributed by atoms with Crippen LogP contribution in [0.25, 0.3) is 0 Å². The second kappa shape index (κ2) is 9.08. The van der Waals surface area contributed by atoms with Crippen molar-refractivity contribution >= 4 is 18.1 Å². The van der Waals surface area contributed by atoms with Gasteiger partial charge in [0, 0.05) is 6.21 Å². The Morgan fingerprint density at radius 2 is 1.70 bits per heavy atom. The Balaban J connectivity index is 2.86. The Morgan fingerprint density at radius 3 is 2.17 bits per heavy atom. The van der Waals surface area contributed by atoms with Gasteiger partial charge in [-0.25, -0.2) is 4.79 Å². The Bertz CT molecular complexity index is 538. The van der Waals surface area contributed by atoms with E-state index >= 15 is 0 Å². The summed E-state index contributed by atoms with van der Waals surface area (Å²) >= 11 is 0. The Kier molecular flexibility index (Phi) is 7.45. The molecule has 0 spiro atoms. The molecule has 1 N–H and O–H groups in total. The van der Waals surface area contributed by atoms with E-state index in [9.17, 15) is 9.59 Å². The molecule has 126 valence electrons. The SMILES string of the molecule is COC(=O)[C@@H](NC(=O)[C@@H](N=Cc1ccccc1)C(C)C)C(C)C. The lowest BCUT2D eigenvalue weighted by atomic mass is 10.0. The number of aliphatic imine (C=N–C) groups is 1. The Hall–Kier alpha value is -2.17. The monoisotopic (exact) mass is 318 g/mol. The molecule has 0 aliphatic rings. The van der Waals surface area contributed by atoms with Gasteiger partial charge >= 0.3 is 5.97 Å². The number of hydrogen-bond donors (Lipinski definition) is 1. The predicted molar refractivity (Wildman–Crippen MR) is 91.4 cm³/mol. The third kappa shape index (κ3) is 5.85. The summed E-state index contributed by atoms with van der Waals surface area (Å²) in [6, 6.07) is 8.37. The van der Waals surface area contributed by atoms with E-state index in [1.807, 2.05) is 58.0 Å². The van der Waals surface area contributed by atoms with Crippen LogP contribution < -0.4 is 5.32 Å². The summed E-state index contributed by atoms with van der Waals surface area (Å²) in [7, 11) is 1.32. The minimum Gasteiger partial charge on any atom is -0.467 e. The van der Waals surface area contributed by atoms with Crippen LogP contribution in [0.2, 0.25) is 0 Å². The van der Waals surface area contributed by atoms with Crippen LogP contribution in [-0.4, -0.2) is 37.3 Å². The normalized spacial score (nSPS) is 14.0. The smallest absolute Gasteiger partial charge is 0.328 e. The first-order valence-corrected chi connectivity index (χ1v) is 7.83. The van der Waals surface area contributed by atoms with Crippen LogP contribution in [0.5, 0.6) is 0 Å². The lowest BCUT2D eigenvalue weighted by molar-refractivity contribution is -0.146. The first kappa shape index (κ1) is 18.9. The standard InChI is InChI=1S/C18H26N2O3/c1-12(2)15(19-11-14-9-7-6-8-10-14)17(21)20-16(13(3)4)18(22)23-5/h6-13,15-16H,1-5H3,(H,20,21)/t15-,16-/m0/s1. The summed E-state index contributed by atoms with van der Waals surface area (Å²) in [5, 5.41) is 2.76. The van der Waals surface area contributed by atoms with Crippen molar-refractivity contribution in [3.8, 4) is 0 Å². The molecule has 0 bridgehead atoms. The second-order valence-electron chi connectivity index (χ2n) is 6.13. The number of esters is 1. The fourth-order valence-corrected chi connectivity index (χ4v) is 2.11. The minimum absolute atomic E-state index is 0.0143. The molecule has 0 aliphatic heterocycles. The van der Waals surface area contributed by atoms with E-state index in [4.69, 9.17) is 4.74 Å². The summed E-state index contributed by atoms with van der Waals surface area (Å²) < 4.78 is 4.75. The van der Waals surface area contributed by atoms with Crippen LogP contribution in [0, 0.1) is 11.8 Å². The van der Waals surface area contributed by atoms with E-state index in [1.165, 1.54) is 7.11 Å². The summed E-state index contributed by atoms with van der Waals surface area (Å²) in [4.78, 5) is 28.7. The highest BCUT2D eigenvalue weighted by molar-refractivity contribution is 5.90. The zero-order chi connectivity index (χ0) is 17.4. The largest absolute Gasteiger partial charge is 0.467 e. The van der Waals surface area contributed by atoms with Crippen molar-refractivity contribution in [3.05, 3.63) is 35.9 Å². The molecule has 0 unspecified atom stereocenters. The number of carbonyl (C=O) groups is 2. The van der Waals surface area contributed by atoms with Crippen LogP contribution in [0.4, 0.5) is 0 Å². The first-order chi connectivity index (χ1) is 10.9. The van der Waals surface area contributed by atoms with E-state index in [0.717, 1.165) is 5.56 Å². The first-order valence-electron chi connectivity index (χ1n) is 7.83. The summed E-state index contributed by atoms with van der Waals surface area (Å²) in [5.74, 6) is -0.753. The molecule has 1 rings (SSSR count). The van der Waals surface area contributed by atoms with Gasteiger partial charge in [-0.2, -0.15) is 0 Å². The minimum atomic E-state index is -0.666. The number of nitrogens with zero attached hydrogens (tertiary/aromatic N) is 1. The fraction of sp³-hybridized carbons (Fsp3) is 0.500. The summed E-state index contributed by atoms with van der Waals surface area (Å²) in [6.07, 6.45) is 1.69. The fourth-order valence-electron chi connectivity index (χ4n) is 2.11. The highest BCUT2D eigenvalue weighted by Crippen LogP contribution is 2.10. The topological polar surface area (TPSA) is 67.8 Å². The second-order valence-corrected chi connectivity index (χ2v) is 6.13. The van der Waals surface area contributed by atoms with Gasteiger partial charge in [0.2, 0.25) is 5.91 Å². The molecule has 0 aromatic heterocycles. The van der Waals surface area contributed by atoms with Crippen molar-refractivity contribution in [1.29, 1.82) is 0 Å². The molecule has 2 atom stereocenters. The van der Waals surface area contributed by atoms with Gasteiger partial charge in [0.25, 0.3) is 0 Å². The molecule has 0 saturated carbocycles. The van der Waals surface area contributed by atoms with Crippen molar-refractivity contribution in [2.24, 2.45) is 16.8 Å². The molecule has 0 aliphatic carbocycles. The van der Waals surface area contributed by atoms with Crippen LogP contribution in [-0.2, 0) is 14.3 Å². The average Bonchev–Trinajstić information content (AvgIpc) is 2.52. The van der Waals surface area contributed by atoms with Crippen molar-refractivity contribution in [2.45, 2.75) is 39.8 Å². The van der Waals surface area contributed by atoms with Gasteiger partial charge in [0.15, 0.2) is 0 Å². The van der Waals surface area contributed by atoms with Gasteiger partial charge in [-0.05, 0) is 17.4 Å². The van der Waals surface area contributed by atoms with E-state index in [2.05, 4.69) is 10.3 Å². The van der Waals surface area contributed by atoms with Gasteiger partial charge in [0.05, 0.1) is 7.11 Å². The van der Waals surface area contributed by atoms with Gasteiger partial charge in [-0.3, -0.25) is 9.79 Å². The highest BCUT2D eigenvalue weighted by Gasteiger charge is 2.29. The molecule has 1 aromatic carbocycles. The zero-order valence-corrected chi connectivity index (χ0v) is 14.4. The molecule has 0 saturated heterocycles. The molecule has 5 nitrogen and oxygen atoms in total. The molecule has 5 heteroatoms. The van der Waals surface area contributed by atoms with Gasteiger partial charge in [-0.1, -0.05) is 58.0 Å². The van der Waals surface area contributed by atoms with E-state index in [0.29, 0.717) is 0 Å². The van der Waals surface area contributed by atoms with Crippen LogP contribution in [0.3, 0.4) is 0 Å². The average molecular weight is 318 g/mol. The highest BCUT2D eigenvalue weighted by atomic mass is 16.5. The van der Waals surface area contributed by atoms with Crippen LogP contribution in [0.15, 0.2) is 35.3 Å². The molecule has 1 aromatic rings. The van der Waals surface area contributed by atoms with Gasteiger partial charge in [-0.15, -0.1) is 0 Å². The number of carbonyl (C=O) groups excluding carboxylic acids is 2. The molecule has 1 amide bonds. The number of amides is 1. The Morgan fingerprint density at radius 1 is 1.09 bits per heavy atom. The maximum Gasteiger partial charge on any atom is 0.328 e. The molecule has 0 heterocycles. The van der Waals surface area contributed by atoms with Crippen molar-refractivity contribution < 1.29 is 14.3 Å². The van der Waals surface area contributed by atoms with Gasteiger partial charge in [0.1, 0.15) is 12.1 Å². The van der Waals surface area contributed by atoms with E-state index < -0.39 is 18.1 Å². The number of nitrogens with one attached hydrogen (secondary N) is 1. The lowest BCUT2D eigenvalue weighted by Crippen LogP contribution is -2.49.